The summed E-state index contributed by atoms with van der Waals surface area (Å²) in [5.41, 5.74) is 3.47. The SMILES string of the molecule is CCOP(=O)(CC=C(Cc1ccccc1)c1ccccc1)OCC. The Morgan fingerprint density at radius 1 is 0.917 bits per heavy atom. The van der Waals surface area contributed by atoms with E-state index in [0.717, 1.165) is 17.6 Å². The van der Waals surface area contributed by atoms with Gasteiger partial charge in [0.25, 0.3) is 0 Å². The van der Waals surface area contributed by atoms with E-state index in [4.69, 9.17) is 9.05 Å². The highest BCUT2D eigenvalue weighted by atomic mass is 31.2. The Morgan fingerprint density at radius 2 is 1.46 bits per heavy atom. The van der Waals surface area contributed by atoms with Crippen molar-refractivity contribution in [3.8, 4) is 0 Å². The molecule has 0 saturated carbocycles. The maximum Gasteiger partial charge on any atom is 0.334 e. The van der Waals surface area contributed by atoms with Crippen molar-refractivity contribution in [2.24, 2.45) is 0 Å². The number of allylic oxidation sites excluding steroid dienone is 2. The molecule has 24 heavy (non-hydrogen) atoms. The van der Waals surface area contributed by atoms with Crippen molar-refractivity contribution in [2.75, 3.05) is 19.4 Å². The second kappa shape index (κ2) is 9.58. The predicted molar refractivity (Wildman–Crippen MR) is 100 cm³/mol. The fourth-order valence-electron chi connectivity index (χ4n) is 2.52. The molecule has 0 aliphatic heterocycles. The normalized spacial score (nSPS) is 12.3. The van der Waals surface area contributed by atoms with E-state index in [1.165, 1.54) is 5.56 Å². The van der Waals surface area contributed by atoms with Gasteiger partial charge >= 0.3 is 7.60 Å². The van der Waals surface area contributed by atoms with Crippen LogP contribution in [0.15, 0.2) is 66.7 Å². The van der Waals surface area contributed by atoms with E-state index in [1.54, 1.807) is 0 Å². The predicted octanol–water partition coefficient (Wildman–Crippen LogP) is 5.58. The molecule has 0 radical (unpaired) electrons. The van der Waals surface area contributed by atoms with Crippen LogP contribution in [0, 0.1) is 0 Å². The highest BCUT2D eigenvalue weighted by Gasteiger charge is 2.22. The molecule has 4 heteroatoms. The Labute approximate surface area is 144 Å². The molecule has 0 unspecified atom stereocenters. The summed E-state index contributed by atoms with van der Waals surface area (Å²) in [6.07, 6.45) is 3.06. The van der Waals surface area contributed by atoms with E-state index in [1.807, 2.05) is 56.3 Å². The van der Waals surface area contributed by atoms with E-state index >= 15 is 0 Å². The zero-order chi connectivity index (χ0) is 17.3. The van der Waals surface area contributed by atoms with Gasteiger partial charge in [-0.25, -0.2) is 0 Å². The molecule has 2 aromatic carbocycles. The van der Waals surface area contributed by atoms with Crippen molar-refractivity contribution in [1.29, 1.82) is 0 Å². The summed E-state index contributed by atoms with van der Waals surface area (Å²) in [4.78, 5) is 0. The summed E-state index contributed by atoms with van der Waals surface area (Å²) in [6.45, 7) is 4.42. The van der Waals surface area contributed by atoms with Crippen LogP contribution in [0.25, 0.3) is 5.57 Å². The third kappa shape index (κ3) is 5.76. The topological polar surface area (TPSA) is 35.5 Å². The van der Waals surface area contributed by atoms with E-state index in [0.29, 0.717) is 13.2 Å². The molecule has 0 N–H and O–H groups in total. The summed E-state index contributed by atoms with van der Waals surface area (Å²) in [5.74, 6) is 0. The Bertz CT molecular complexity index is 671. The van der Waals surface area contributed by atoms with Gasteiger partial charge in [-0.3, -0.25) is 4.57 Å². The molecular weight excluding hydrogens is 319 g/mol. The lowest BCUT2D eigenvalue weighted by Gasteiger charge is -2.16. The maximum absolute atomic E-state index is 12.7. The lowest BCUT2D eigenvalue weighted by Crippen LogP contribution is -2.00. The van der Waals surface area contributed by atoms with Crippen LogP contribution in [0.4, 0.5) is 0 Å². The van der Waals surface area contributed by atoms with E-state index < -0.39 is 7.60 Å². The molecule has 2 aromatic rings. The van der Waals surface area contributed by atoms with Crippen molar-refractivity contribution in [3.63, 3.8) is 0 Å². The first-order valence-corrected chi connectivity index (χ1v) is 10.1. The van der Waals surface area contributed by atoms with Crippen LogP contribution in [-0.2, 0) is 20.0 Å². The Balaban J connectivity index is 2.26. The average molecular weight is 344 g/mol. The van der Waals surface area contributed by atoms with Gasteiger partial charge in [0.15, 0.2) is 0 Å². The van der Waals surface area contributed by atoms with Gasteiger partial charge in [0.05, 0.1) is 19.4 Å². The molecular formula is C20H25O3P. The zero-order valence-electron chi connectivity index (χ0n) is 14.4. The molecule has 0 spiro atoms. The lowest BCUT2D eigenvalue weighted by molar-refractivity contribution is 0.222. The van der Waals surface area contributed by atoms with E-state index in [-0.39, 0.29) is 6.16 Å². The quantitative estimate of drug-likeness (QED) is 0.557. The summed E-state index contributed by atoms with van der Waals surface area (Å²) in [7, 11) is -3.07. The molecule has 0 bridgehead atoms. The first kappa shape index (κ1) is 18.7. The van der Waals surface area contributed by atoms with Gasteiger partial charge in [0.2, 0.25) is 0 Å². The molecule has 0 heterocycles. The average Bonchev–Trinajstić information content (AvgIpc) is 2.61. The Kier molecular flexibility index (Phi) is 7.45. The first-order valence-electron chi connectivity index (χ1n) is 8.33. The van der Waals surface area contributed by atoms with Gasteiger partial charge < -0.3 is 9.05 Å². The fourth-order valence-corrected chi connectivity index (χ4v) is 4.03. The minimum atomic E-state index is -3.07. The minimum Gasteiger partial charge on any atom is -0.309 e. The standard InChI is InChI=1S/C20H25O3P/c1-3-22-24(21,23-4-2)16-15-20(19-13-9-6-10-14-19)17-18-11-7-5-8-12-18/h5-15H,3-4,16-17H2,1-2H3. The monoisotopic (exact) mass is 344 g/mol. The number of benzene rings is 2. The van der Waals surface area contributed by atoms with Gasteiger partial charge in [0.1, 0.15) is 0 Å². The molecule has 0 saturated heterocycles. The molecule has 0 fully saturated rings. The van der Waals surface area contributed by atoms with Crippen molar-refractivity contribution in [2.45, 2.75) is 20.3 Å². The second-order valence-corrected chi connectivity index (χ2v) is 7.49. The van der Waals surface area contributed by atoms with Gasteiger partial charge in [0, 0.05) is 0 Å². The molecule has 0 aromatic heterocycles. The fraction of sp³-hybridized carbons (Fsp3) is 0.300. The molecule has 2 rings (SSSR count). The van der Waals surface area contributed by atoms with Crippen molar-refractivity contribution >= 4 is 13.2 Å². The molecule has 0 atom stereocenters. The van der Waals surface area contributed by atoms with Crippen LogP contribution in [0.3, 0.4) is 0 Å². The Hall–Kier alpha value is -1.67. The van der Waals surface area contributed by atoms with Crippen molar-refractivity contribution in [3.05, 3.63) is 77.9 Å². The zero-order valence-corrected chi connectivity index (χ0v) is 15.2. The van der Waals surface area contributed by atoms with Crippen LogP contribution in [0.1, 0.15) is 25.0 Å². The van der Waals surface area contributed by atoms with Gasteiger partial charge in [-0.1, -0.05) is 66.7 Å². The molecule has 0 amide bonds. The van der Waals surface area contributed by atoms with Crippen LogP contribution in [0.2, 0.25) is 0 Å². The number of hydrogen-bond acceptors (Lipinski definition) is 3. The number of hydrogen-bond donors (Lipinski definition) is 0. The first-order chi connectivity index (χ1) is 11.7. The highest BCUT2D eigenvalue weighted by Crippen LogP contribution is 2.48. The summed E-state index contributed by atoms with van der Waals surface area (Å²) < 4.78 is 23.5. The van der Waals surface area contributed by atoms with Crippen LogP contribution >= 0.6 is 7.60 Å². The molecule has 3 nitrogen and oxygen atoms in total. The van der Waals surface area contributed by atoms with E-state index in [9.17, 15) is 4.57 Å². The van der Waals surface area contributed by atoms with Gasteiger partial charge in [-0.05, 0) is 37.0 Å². The minimum absolute atomic E-state index is 0.283. The van der Waals surface area contributed by atoms with Crippen molar-refractivity contribution < 1.29 is 13.6 Å². The summed E-state index contributed by atoms with van der Waals surface area (Å²) in [6, 6.07) is 20.4. The van der Waals surface area contributed by atoms with Gasteiger partial charge in [-0.2, -0.15) is 0 Å². The summed E-state index contributed by atoms with van der Waals surface area (Å²) >= 11 is 0. The Morgan fingerprint density at radius 3 is 2.00 bits per heavy atom. The third-order valence-electron chi connectivity index (χ3n) is 3.59. The van der Waals surface area contributed by atoms with Crippen LogP contribution in [0.5, 0.6) is 0 Å². The smallest absolute Gasteiger partial charge is 0.309 e. The largest absolute Gasteiger partial charge is 0.334 e. The highest BCUT2D eigenvalue weighted by molar-refractivity contribution is 7.54. The number of rotatable bonds is 9. The molecule has 0 aliphatic carbocycles. The maximum atomic E-state index is 12.7. The van der Waals surface area contributed by atoms with E-state index in [2.05, 4.69) is 24.3 Å². The third-order valence-corrected chi connectivity index (χ3v) is 5.53. The van der Waals surface area contributed by atoms with Crippen molar-refractivity contribution in [1.82, 2.24) is 0 Å². The molecule has 0 aliphatic rings. The second-order valence-electron chi connectivity index (χ2n) is 5.39. The lowest BCUT2D eigenvalue weighted by atomic mass is 9.98. The van der Waals surface area contributed by atoms with Crippen LogP contribution in [-0.4, -0.2) is 19.4 Å². The summed E-state index contributed by atoms with van der Waals surface area (Å²) in [5, 5.41) is 0. The van der Waals surface area contributed by atoms with Crippen LogP contribution < -0.4 is 0 Å². The molecule has 128 valence electrons. The van der Waals surface area contributed by atoms with Gasteiger partial charge in [-0.15, -0.1) is 0 Å².